The molecular weight excluding hydrogens is 1650 g/mol. The highest BCUT2D eigenvalue weighted by atomic mass is 35.5. The van der Waals surface area contributed by atoms with Crippen LogP contribution in [0.2, 0.25) is 25.1 Å². The highest BCUT2D eigenvalue weighted by Gasteiger charge is 2.35. The maximum atomic E-state index is 12.4. The molecular formula is C93H74Cl5N13O7S2. The number of carbonyl (C=O) groups excluding carboxylic acids is 5. The summed E-state index contributed by atoms with van der Waals surface area (Å²) in [5.41, 5.74) is 15.3. The fourth-order valence-electron chi connectivity index (χ4n) is 15.2. The molecule has 15 heterocycles. The first-order valence-electron chi connectivity index (χ1n) is 38.8. The van der Waals surface area contributed by atoms with Crippen LogP contribution in [0.4, 0.5) is 0 Å². The van der Waals surface area contributed by atoms with Gasteiger partial charge in [-0.2, -0.15) is 0 Å². The number of oxazole rings is 1. The minimum absolute atomic E-state index is 0.0121. The number of pyridine rings is 5. The van der Waals surface area contributed by atoms with E-state index < -0.39 is 0 Å². The fraction of sp³-hybridized carbons (Fsp3) is 0.161. The van der Waals surface area contributed by atoms with E-state index in [-0.39, 0.29) is 59.1 Å². The lowest BCUT2D eigenvalue weighted by atomic mass is 9.91. The van der Waals surface area contributed by atoms with Crippen molar-refractivity contribution in [3.8, 4) is 55.0 Å². The van der Waals surface area contributed by atoms with Gasteiger partial charge in [-0.3, -0.25) is 48.9 Å². The summed E-state index contributed by atoms with van der Waals surface area (Å²) < 4.78 is 12.1. The molecule has 5 aliphatic rings. The van der Waals surface area contributed by atoms with Crippen LogP contribution in [-0.2, 0) is 0 Å². The van der Waals surface area contributed by atoms with Gasteiger partial charge in [-0.05, 0) is 205 Å². The number of fused-ring (bicyclic) bond motifs is 5. The quantitative estimate of drug-likeness (QED) is 0.0743. The third kappa shape index (κ3) is 18.9. The van der Waals surface area contributed by atoms with Crippen LogP contribution in [0.5, 0.6) is 0 Å². The van der Waals surface area contributed by atoms with Crippen molar-refractivity contribution in [2.24, 2.45) is 0 Å². The van der Waals surface area contributed by atoms with Crippen molar-refractivity contribution in [2.45, 2.75) is 61.7 Å². The summed E-state index contributed by atoms with van der Waals surface area (Å²) in [5.74, 6) is 2.46. The minimum Gasteiger partial charge on any atom is -0.460 e. The molecule has 5 aliphatic heterocycles. The smallest absolute Gasteiger partial charge is 0.273 e. The summed E-state index contributed by atoms with van der Waals surface area (Å²) in [7, 11) is 0. The molecule has 0 aliphatic carbocycles. The number of thiazole rings is 1. The molecule has 0 radical (unpaired) electrons. The number of carbonyl (C=O) groups is 5. The molecule has 0 bridgehead atoms. The Hall–Kier alpha value is -12.3. The first-order valence-corrected chi connectivity index (χ1v) is 42.4. The Morgan fingerprint density at radius 2 is 0.692 bits per heavy atom. The van der Waals surface area contributed by atoms with Gasteiger partial charge in [0.2, 0.25) is 5.89 Å². The highest BCUT2D eigenvalue weighted by Crippen LogP contribution is 2.45. The zero-order valence-corrected chi connectivity index (χ0v) is 69.4. The molecule has 5 unspecified atom stereocenters. The molecule has 0 spiro atoms. The van der Waals surface area contributed by atoms with Gasteiger partial charge in [-0.15, -0.1) is 22.7 Å². The SMILES string of the molecule is O=C1NCCC(c2ccc(Cl)cc2)c2[nH]c(-c3ccncc3)cc21.O=C1NCCC(c2ccc(Cl)cc2)c2oc(-c3ccncc3)cc21.O=C1NCCC(c2ccc(Cl)cc2)c2oc(-c3ccncc3)nc21.O=C1NCCC(c2ccc(Cl)cc2)c2sc(-c3ccncc3)cc21.O=C1NCCC(c2ccc(Cl)cc2)c2sc(-c3ccncc3)nc21. The van der Waals surface area contributed by atoms with Gasteiger partial charge in [0, 0.05) is 198 Å². The van der Waals surface area contributed by atoms with Crippen LogP contribution in [0.25, 0.3) is 55.0 Å². The number of aromatic amines is 1. The van der Waals surface area contributed by atoms with Gasteiger partial charge in [0.25, 0.3) is 29.5 Å². The third-order valence-electron chi connectivity index (χ3n) is 21.2. The minimum atomic E-state index is -0.203. The van der Waals surface area contributed by atoms with Crippen molar-refractivity contribution in [3.63, 3.8) is 0 Å². The Morgan fingerprint density at radius 1 is 0.317 bits per heavy atom. The molecule has 0 fully saturated rings. The van der Waals surface area contributed by atoms with Gasteiger partial charge in [0.15, 0.2) is 5.69 Å². The standard InChI is InChI=1S/C19H16ClN3O.C19H15ClN2O2.C19H15ClN2OS.C18H14ClN3O2.C18H14ClN3OS/c20-14-3-1-12(2-4-14)15-7-10-22-19(24)16-11-17(23-18(15)16)13-5-8-21-9-6-13;2*20-14-3-1-12(2-4-14)15-7-10-22-19(23)16-11-17(24-18(15)16)13-5-8-21-9-6-13;2*19-13-3-1-11(2-4-13)14-7-10-21-17(23)15-16(14)24-18(22-15)12-5-8-20-9-6-12/h1-6,8-9,11,15,23H,7,10H2,(H,22,24);2*1-6,8-9,11,15H,7,10H2,(H,22,23);2*1-6,8-9,14H,7,10H2,(H,21,23). The predicted molar refractivity (Wildman–Crippen MR) is 470 cm³/mol. The van der Waals surface area contributed by atoms with E-state index in [1.165, 1.54) is 5.56 Å². The zero-order chi connectivity index (χ0) is 82.6. The first kappa shape index (κ1) is 81.5. The summed E-state index contributed by atoms with van der Waals surface area (Å²) in [6.45, 7) is 3.15. The van der Waals surface area contributed by atoms with Crippen LogP contribution < -0.4 is 26.6 Å². The molecule has 0 saturated carbocycles. The Balaban J connectivity index is 0.000000112. The molecule has 120 heavy (non-hydrogen) atoms. The van der Waals surface area contributed by atoms with Crippen molar-refractivity contribution in [3.05, 3.63) is 370 Å². The topological polar surface area (TPSA) is 278 Å². The molecule has 20 nitrogen and oxygen atoms in total. The summed E-state index contributed by atoms with van der Waals surface area (Å²) in [4.78, 5) is 97.8. The van der Waals surface area contributed by atoms with Crippen molar-refractivity contribution in [1.29, 1.82) is 0 Å². The molecule has 27 heteroatoms. The monoisotopic (exact) mass is 1720 g/mol. The number of furan rings is 1. The molecule has 5 atom stereocenters. The number of thiophene rings is 1. The number of nitrogens with one attached hydrogen (secondary N) is 6. The van der Waals surface area contributed by atoms with Crippen molar-refractivity contribution in [2.75, 3.05) is 32.7 Å². The van der Waals surface area contributed by atoms with Crippen molar-refractivity contribution < 1.29 is 32.8 Å². The van der Waals surface area contributed by atoms with E-state index in [0.29, 0.717) is 98.5 Å². The van der Waals surface area contributed by atoms with E-state index in [0.717, 1.165) is 124 Å². The number of hydrogen-bond donors (Lipinski definition) is 6. The van der Waals surface area contributed by atoms with Gasteiger partial charge in [0.1, 0.15) is 28.0 Å². The zero-order valence-electron chi connectivity index (χ0n) is 64.0. The van der Waals surface area contributed by atoms with E-state index in [1.54, 1.807) is 96.8 Å². The summed E-state index contributed by atoms with van der Waals surface area (Å²) in [6.07, 6.45) is 21.4. The average Bonchev–Trinajstić information content (AvgIpc) is 1.72. The molecule has 6 N–H and O–H groups in total. The Kier molecular flexibility index (Phi) is 25.7. The van der Waals surface area contributed by atoms with Crippen molar-refractivity contribution >= 4 is 110 Å². The summed E-state index contributed by atoms with van der Waals surface area (Å²) in [5, 5.41) is 19.1. The molecule has 10 aromatic heterocycles. The van der Waals surface area contributed by atoms with Crippen LogP contribution >= 0.6 is 80.7 Å². The molecule has 600 valence electrons. The van der Waals surface area contributed by atoms with Gasteiger partial charge in [-0.1, -0.05) is 119 Å². The number of rotatable bonds is 10. The van der Waals surface area contributed by atoms with Crippen LogP contribution in [-0.4, -0.2) is 102 Å². The number of hydrogen-bond acceptors (Lipinski definition) is 16. The lowest BCUT2D eigenvalue weighted by Gasteiger charge is -2.15. The molecule has 20 rings (SSSR count). The van der Waals surface area contributed by atoms with E-state index in [1.807, 2.05) is 176 Å². The molecule has 0 saturated heterocycles. The van der Waals surface area contributed by atoms with Gasteiger partial charge in [-0.25, -0.2) is 9.97 Å². The average molecular weight is 1730 g/mol. The van der Waals surface area contributed by atoms with Crippen LogP contribution in [0.1, 0.15) is 169 Å². The lowest BCUT2D eigenvalue weighted by Crippen LogP contribution is -2.23. The molecule has 5 amide bonds. The summed E-state index contributed by atoms with van der Waals surface area (Å²) in [6, 6.07) is 63.6. The van der Waals surface area contributed by atoms with Gasteiger partial charge in [0.05, 0.1) is 16.7 Å². The maximum Gasteiger partial charge on any atom is 0.273 e. The molecule has 15 aromatic rings. The van der Waals surface area contributed by atoms with Crippen LogP contribution in [0, 0.1) is 0 Å². The second-order valence-electron chi connectivity index (χ2n) is 28.7. The second kappa shape index (κ2) is 37.8. The second-order valence-corrected chi connectivity index (χ2v) is 33.0. The van der Waals surface area contributed by atoms with E-state index in [4.69, 9.17) is 66.8 Å². The Labute approximate surface area is 723 Å². The number of halogens is 5. The first-order chi connectivity index (χ1) is 58.6. The number of aromatic nitrogens is 8. The number of nitrogens with zero attached hydrogens (tertiary/aromatic N) is 7. The van der Waals surface area contributed by atoms with E-state index >= 15 is 0 Å². The van der Waals surface area contributed by atoms with Crippen molar-refractivity contribution in [1.82, 2.24) is 66.5 Å². The number of H-pyrrole nitrogens is 1. The highest BCUT2D eigenvalue weighted by molar-refractivity contribution is 7.16. The Bertz CT molecular complexity index is 5240. The van der Waals surface area contributed by atoms with Crippen LogP contribution in [0.3, 0.4) is 0 Å². The Morgan fingerprint density at radius 3 is 1.18 bits per heavy atom. The van der Waals surface area contributed by atoms with E-state index in [9.17, 15) is 24.0 Å². The van der Waals surface area contributed by atoms with Gasteiger partial charge < -0.3 is 40.4 Å². The number of benzene rings is 5. The van der Waals surface area contributed by atoms with Gasteiger partial charge >= 0.3 is 0 Å². The lowest BCUT2D eigenvalue weighted by molar-refractivity contribution is 0.0943. The number of amides is 5. The normalized spacial score (nSPS) is 17.0. The largest absolute Gasteiger partial charge is 0.460 e. The van der Waals surface area contributed by atoms with E-state index in [2.05, 4.69) is 78.6 Å². The van der Waals surface area contributed by atoms with Crippen LogP contribution in [0.15, 0.2) is 271 Å². The fourth-order valence-corrected chi connectivity index (χ4v) is 18.4. The summed E-state index contributed by atoms with van der Waals surface area (Å²) >= 11 is 33.3. The molecule has 5 aromatic carbocycles. The predicted octanol–water partition coefficient (Wildman–Crippen LogP) is 20.8. The maximum absolute atomic E-state index is 12.4. The third-order valence-corrected chi connectivity index (χ3v) is 25.0.